The predicted molar refractivity (Wildman–Crippen MR) is 86.0 cm³/mol. The summed E-state index contributed by atoms with van der Waals surface area (Å²) < 4.78 is 0. The Morgan fingerprint density at radius 1 is 1.15 bits per heavy atom. The Morgan fingerprint density at radius 3 is 2.60 bits per heavy atom. The standard InChI is InChI=1S/C16H30N4/c1-5-7-8-10-20(14(3)4)16-13-18-12-15(19-16)11-17-9-6-2/h12-14,17H,5-11H2,1-4H3. The fraction of sp³-hybridized carbons (Fsp3) is 0.750. The van der Waals surface area contributed by atoms with Crippen LogP contribution in [-0.4, -0.2) is 29.1 Å². The van der Waals surface area contributed by atoms with E-state index in [4.69, 9.17) is 4.98 Å². The minimum Gasteiger partial charge on any atom is -0.353 e. The van der Waals surface area contributed by atoms with Gasteiger partial charge in [-0.25, -0.2) is 4.98 Å². The first-order valence-electron chi connectivity index (χ1n) is 7.97. The highest BCUT2D eigenvalue weighted by Gasteiger charge is 2.12. The zero-order valence-corrected chi connectivity index (χ0v) is 13.5. The van der Waals surface area contributed by atoms with Crippen molar-refractivity contribution in [3.05, 3.63) is 18.1 Å². The molecular weight excluding hydrogens is 248 g/mol. The van der Waals surface area contributed by atoms with E-state index in [9.17, 15) is 0 Å². The number of nitrogens with one attached hydrogen (secondary N) is 1. The van der Waals surface area contributed by atoms with Crippen LogP contribution in [0.4, 0.5) is 5.82 Å². The third kappa shape index (κ3) is 5.87. The molecule has 4 nitrogen and oxygen atoms in total. The van der Waals surface area contributed by atoms with Gasteiger partial charge in [-0.3, -0.25) is 4.98 Å². The molecule has 0 saturated carbocycles. The SMILES string of the molecule is CCCCCN(c1cncc(CNCCC)n1)C(C)C. The zero-order chi connectivity index (χ0) is 14.8. The van der Waals surface area contributed by atoms with Crippen molar-refractivity contribution in [3.63, 3.8) is 0 Å². The molecule has 1 aromatic rings. The molecule has 0 aliphatic heterocycles. The molecule has 1 N–H and O–H groups in total. The third-order valence-electron chi connectivity index (χ3n) is 3.32. The predicted octanol–water partition coefficient (Wildman–Crippen LogP) is 3.38. The van der Waals surface area contributed by atoms with E-state index in [1.165, 1.54) is 19.3 Å². The van der Waals surface area contributed by atoms with Crippen LogP contribution in [0.15, 0.2) is 12.4 Å². The van der Waals surface area contributed by atoms with Crippen molar-refractivity contribution in [1.29, 1.82) is 0 Å². The van der Waals surface area contributed by atoms with Gasteiger partial charge in [0, 0.05) is 25.3 Å². The molecule has 0 bridgehead atoms. The highest BCUT2D eigenvalue weighted by molar-refractivity contribution is 5.37. The van der Waals surface area contributed by atoms with Crippen molar-refractivity contribution in [1.82, 2.24) is 15.3 Å². The smallest absolute Gasteiger partial charge is 0.147 e. The monoisotopic (exact) mass is 278 g/mol. The van der Waals surface area contributed by atoms with E-state index < -0.39 is 0 Å². The molecule has 0 aliphatic rings. The van der Waals surface area contributed by atoms with Crippen LogP contribution >= 0.6 is 0 Å². The Labute approximate surface area is 124 Å². The van der Waals surface area contributed by atoms with Gasteiger partial charge in [0.1, 0.15) is 5.82 Å². The average molecular weight is 278 g/mol. The first-order valence-corrected chi connectivity index (χ1v) is 7.97. The lowest BCUT2D eigenvalue weighted by Gasteiger charge is -2.27. The van der Waals surface area contributed by atoms with Crippen LogP contribution in [0.3, 0.4) is 0 Å². The van der Waals surface area contributed by atoms with Gasteiger partial charge in [-0.05, 0) is 33.2 Å². The van der Waals surface area contributed by atoms with E-state index >= 15 is 0 Å². The minimum absolute atomic E-state index is 0.458. The number of rotatable bonds is 10. The van der Waals surface area contributed by atoms with Gasteiger partial charge >= 0.3 is 0 Å². The molecule has 4 heteroatoms. The Kier molecular flexibility index (Phi) is 8.19. The molecule has 0 atom stereocenters. The van der Waals surface area contributed by atoms with Gasteiger partial charge < -0.3 is 10.2 Å². The molecule has 0 unspecified atom stereocenters. The van der Waals surface area contributed by atoms with Crippen LogP contribution in [0.25, 0.3) is 0 Å². The number of anilines is 1. The number of aromatic nitrogens is 2. The van der Waals surface area contributed by atoms with E-state index in [2.05, 4.69) is 42.9 Å². The number of nitrogens with zero attached hydrogens (tertiary/aromatic N) is 3. The molecule has 1 rings (SSSR count). The second kappa shape index (κ2) is 9.70. The molecule has 0 fully saturated rings. The molecular formula is C16H30N4. The summed E-state index contributed by atoms with van der Waals surface area (Å²) in [6.45, 7) is 11.7. The summed E-state index contributed by atoms with van der Waals surface area (Å²) in [6.07, 6.45) is 8.62. The van der Waals surface area contributed by atoms with E-state index in [1.807, 2.05) is 12.4 Å². The molecule has 0 radical (unpaired) electrons. The lowest BCUT2D eigenvalue weighted by Crippen LogP contribution is -2.33. The fourth-order valence-electron chi connectivity index (χ4n) is 2.18. The fourth-order valence-corrected chi connectivity index (χ4v) is 2.18. The molecule has 20 heavy (non-hydrogen) atoms. The normalized spacial score (nSPS) is 11.1. The van der Waals surface area contributed by atoms with Crippen LogP contribution in [0.5, 0.6) is 0 Å². The summed E-state index contributed by atoms with van der Waals surface area (Å²) in [5.74, 6) is 1.01. The first kappa shape index (κ1) is 16.9. The van der Waals surface area contributed by atoms with Crippen molar-refractivity contribution in [2.75, 3.05) is 18.0 Å². The van der Waals surface area contributed by atoms with Gasteiger partial charge in [0.15, 0.2) is 0 Å². The largest absolute Gasteiger partial charge is 0.353 e. The Morgan fingerprint density at radius 2 is 1.95 bits per heavy atom. The lowest BCUT2D eigenvalue weighted by molar-refractivity contribution is 0.613. The molecule has 114 valence electrons. The summed E-state index contributed by atoms with van der Waals surface area (Å²) in [4.78, 5) is 11.4. The summed E-state index contributed by atoms with van der Waals surface area (Å²) in [6, 6.07) is 0.458. The molecule has 0 saturated heterocycles. The van der Waals surface area contributed by atoms with Crippen LogP contribution in [-0.2, 0) is 6.54 Å². The highest BCUT2D eigenvalue weighted by atomic mass is 15.2. The van der Waals surface area contributed by atoms with Crippen molar-refractivity contribution >= 4 is 5.82 Å². The Balaban J connectivity index is 2.67. The third-order valence-corrected chi connectivity index (χ3v) is 3.32. The van der Waals surface area contributed by atoms with Gasteiger partial charge in [0.25, 0.3) is 0 Å². The van der Waals surface area contributed by atoms with E-state index in [1.54, 1.807) is 0 Å². The molecule has 0 aliphatic carbocycles. The lowest BCUT2D eigenvalue weighted by atomic mass is 10.2. The molecule has 1 aromatic heterocycles. The van der Waals surface area contributed by atoms with Crippen LogP contribution in [0, 0.1) is 0 Å². The van der Waals surface area contributed by atoms with Crippen molar-refractivity contribution < 1.29 is 0 Å². The van der Waals surface area contributed by atoms with Crippen LogP contribution < -0.4 is 10.2 Å². The summed E-state index contributed by atoms with van der Waals surface area (Å²) >= 11 is 0. The van der Waals surface area contributed by atoms with Crippen molar-refractivity contribution in [2.45, 2.75) is 66.0 Å². The van der Waals surface area contributed by atoms with Crippen LogP contribution in [0.1, 0.15) is 59.1 Å². The maximum Gasteiger partial charge on any atom is 0.147 e. The number of hydrogen-bond donors (Lipinski definition) is 1. The summed E-state index contributed by atoms with van der Waals surface area (Å²) in [5, 5.41) is 3.38. The second-order valence-corrected chi connectivity index (χ2v) is 5.54. The Hall–Kier alpha value is -1.16. The van der Waals surface area contributed by atoms with Crippen molar-refractivity contribution in [3.8, 4) is 0 Å². The Bertz CT molecular complexity index is 365. The highest BCUT2D eigenvalue weighted by Crippen LogP contribution is 2.14. The maximum absolute atomic E-state index is 4.75. The van der Waals surface area contributed by atoms with E-state index in [0.29, 0.717) is 6.04 Å². The van der Waals surface area contributed by atoms with Gasteiger partial charge in [0.05, 0.1) is 11.9 Å². The molecule has 0 spiro atoms. The van der Waals surface area contributed by atoms with Gasteiger partial charge in [-0.1, -0.05) is 26.7 Å². The summed E-state index contributed by atoms with van der Waals surface area (Å²) in [5.41, 5.74) is 1.03. The van der Waals surface area contributed by atoms with Gasteiger partial charge in [0.2, 0.25) is 0 Å². The first-order chi connectivity index (χ1) is 9.69. The number of hydrogen-bond acceptors (Lipinski definition) is 4. The van der Waals surface area contributed by atoms with E-state index in [-0.39, 0.29) is 0 Å². The topological polar surface area (TPSA) is 41.1 Å². The minimum atomic E-state index is 0.458. The molecule has 0 amide bonds. The van der Waals surface area contributed by atoms with Gasteiger partial charge in [-0.2, -0.15) is 0 Å². The van der Waals surface area contributed by atoms with Crippen LogP contribution in [0.2, 0.25) is 0 Å². The van der Waals surface area contributed by atoms with E-state index in [0.717, 1.165) is 37.6 Å². The quantitative estimate of drug-likeness (QED) is 0.666. The summed E-state index contributed by atoms with van der Waals surface area (Å²) in [7, 11) is 0. The maximum atomic E-state index is 4.75. The molecule has 1 heterocycles. The van der Waals surface area contributed by atoms with Crippen molar-refractivity contribution in [2.24, 2.45) is 0 Å². The zero-order valence-electron chi connectivity index (χ0n) is 13.5. The van der Waals surface area contributed by atoms with Gasteiger partial charge in [-0.15, -0.1) is 0 Å². The molecule has 0 aromatic carbocycles. The number of unbranched alkanes of at least 4 members (excludes halogenated alkanes) is 2. The average Bonchev–Trinajstić information content (AvgIpc) is 2.44. The second-order valence-electron chi connectivity index (χ2n) is 5.54.